The molecule has 0 spiro atoms. The molecule has 0 aliphatic carbocycles. The van der Waals surface area contributed by atoms with Crippen LogP contribution in [0.3, 0.4) is 0 Å². The van der Waals surface area contributed by atoms with Crippen LogP contribution in [0.5, 0.6) is 0 Å². The van der Waals surface area contributed by atoms with Crippen LogP contribution in [0.25, 0.3) is 0 Å². The number of nitrogens with one attached hydrogen (secondary N) is 1. The van der Waals surface area contributed by atoms with Gasteiger partial charge in [-0.1, -0.05) is 18.2 Å². The van der Waals surface area contributed by atoms with Crippen molar-refractivity contribution in [1.29, 1.82) is 0 Å². The number of nitrogens with zero attached hydrogens (tertiary/aromatic N) is 1. The van der Waals surface area contributed by atoms with Crippen LogP contribution in [0.2, 0.25) is 0 Å². The standard InChI is InChI=1S/C10H12N2O2/c1-8(7-10(13)14)11-12-9-5-3-2-4-6-9/h2-6,12H,7H2,1H3,(H,13,14). The molecule has 1 aromatic carbocycles. The Balaban J connectivity index is 2.51. The molecule has 0 aromatic heterocycles. The molecule has 0 unspecified atom stereocenters. The van der Waals surface area contributed by atoms with Crippen molar-refractivity contribution in [3.63, 3.8) is 0 Å². The van der Waals surface area contributed by atoms with E-state index in [-0.39, 0.29) is 6.42 Å². The Morgan fingerprint density at radius 2 is 2.07 bits per heavy atom. The molecule has 0 atom stereocenters. The van der Waals surface area contributed by atoms with Gasteiger partial charge in [0.2, 0.25) is 0 Å². The summed E-state index contributed by atoms with van der Waals surface area (Å²) >= 11 is 0. The van der Waals surface area contributed by atoms with E-state index in [4.69, 9.17) is 5.11 Å². The molecule has 74 valence electrons. The molecule has 4 nitrogen and oxygen atoms in total. The summed E-state index contributed by atoms with van der Waals surface area (Å²) < 4.78 is 0. The third kappa shape index (κ3) is 3.71. The van der Waals surface area contributed by atoms with E-state index in [2.05, 4.69) is 10.5 Å². The van der Waals surface area contributed by atoms with E-state index in [1.165, 1.54) is 0 Å². The third-order valence-electron chi connectivity index (χ3n) is 1.56. The monoisotopic (exact) mass is 192 g/mol. The molecule has 0 saturated carbocycles. The average molecular weight is 192 g/mol. The number of hydrogen-bond donors (Lipinski definition) is 2. The van der Waals surface area contributed by atoms with Gasteiger partial charge in [0.25, 0.3) is 0 Å². The predicted molar refractivity (Wildman–Crippen MR) is 55.4 cm³/mol. The van der Waals surface area contributed by atoms with Gasteiger partial charge in [-0.3, -0.25) is 10.2 Å². The number of carboxylic acids is 1. The summed E-state index contributed by atoms with van der Waals surface area (Å²) in [6, 6.07) is 9.38. The van der Waals surface area contributed by atoms with E-state index in [0.717, 1.165) is 5.69 Å². The van der Waals surface area contributed by atoms with Crippen molar-refractivity contribution in [3.8, 4) is 0 Å². The van der Waals surface area contributed by atoms with Gasteiger partial charge in [0, 0.05) is 5.71 Å². The summed E-state index contributed by atoms with van der Waals surface area (Å²) in [5, 5.41) is 12.4. The molecular formula is C10H12N2O2. The Hall–Kier alpha value is -1.84. The van der Waals surface area contributed by atoms with Crippen molar-refractivity contribution >= 4 is 17.4 Å². The van der Waals surface area contributed by atoms with Crippen LogP contribution < -0.4 is 5.43 Å². The van der Waals surface area contributed by atoms with E-state index >= 15 is 0 Å². The van der Waals surface area contributed by atoms with Crippen LogP contribution in [0.15, 0.2) is 35.4 Å². The molecule has 0 heterocycles. The lowest BCUT2D eigenvalue weighted by molar-refractivity contribution is -0.135. The van der Waals surface area contributed by atoms with Crippen molar-refractivity contribution in [3.05, 3.63) is 30.3 Å². The lowest BCUT2D eigenvalue weighted by Crippen LogP contribution is -2.05. The largest absolute Gasteiger partial charge is 0.481 e. The van der Waals surface area contributed by atoms with Crippen LogP contribution in [-0.2, 0) is 4.79 Å². The maximum Gasteiger partial charge on any atom is 0.309 e. The third-order valence-corrected chi connectivity index (χ3v) is 1.56. The van der Waals surface area contributed by atoms with Gasteiger partial charge in [0.15, 0.2) is 0 Å². The number of para-hydroxylation sites is 1. The maximum absolute atomic E-state index is 10.3. The van der Waals surface area contributed by atoms with Crippen molar-refractivity contribution in [2.24, 2.45) is 5.10 Å². The van der Waals surface area contributed by atoms with E-state index in [9.17, 15) is 4.79 Å². The number of hydrazone groups is 1. The summed E-state index contributed by atoms with van der Waals surface area (Å²) in [4.78, 5) is 10.3. The topological polar surface area (TPSA) is 61.7 Å². The molecule has 0 fully saturated rings. The van der Waals surface area contributed by atoms with Gasteiger partial charge in [-0.15, -0.1) is 0 Å². The second-order valence-electron chi connectivity index (χ2n) is 2.90. The van der Waals surface area contributed by atoms with Crippen LogP contribution in [0.4, 0.5) is 5.69 Å². The highest BCUT2D eigenvalue weighted by atomic mass is 16.4. The molecule has 4 heteroatoms. The Kier molecular flexibility index (Phi) is 3.67. The SMILES string of the molecule is CC(CC(=O)O)=NNc1ccccc1. The number of hydrogen-bond acceptors (Lipinski definition) is 3. The van der Waals surface area contributed by atoms with Gasteiger partial charge >= 0.3 is 5.97 Å². The molecule has 0 bridgehead atoms. The fourth-order valence-corrected chi connectivity index (χ4v) is 0.931. The second kappa shape index (κ2) is 5.01. The average Bonchev–Trinajstić information content (AvgIpc) is 2.15. The lowest BCUT2D eigenvalue weighted by atomic mass is 10.3. The highest BCUT2D eigenvalue weighted by molar-refractivity contribution is 5.97. The zero-order valence-corrected chi connectivity index (χ0v) is 7.90. The predicted octanol–water partition coefficient (Wildman–Crippen LogP) is 1.95. The van der Waals surface area contributed by atoms with E-state index in [0.29, 0.717) is 5.71 Å². The summed E-state index contributed by atoms with van der Waals surface area (Å²) in [6.45, 7) is 1.67. The van der Waals surface area contributed by atoms with Gasteiger partial charge in [-0.05, 0) is 19.1 Å². The second-order valence-corrected chi connectivity index (χ2v) is 2.90. The van der Waals surface area contributed by atoms with Crippen LogP contribution in [0, 0.1) is 0 Å². The maximum atomic E-state index is 10.3. The molecule has 2 N–H and O–H groups in total. The molecule has 0 aliphatic heterocycles. The molecule has 1 rings (SSSR count). The smallest absolute Gasteiger partial charge is 0.309 e. The van der Waals surface area contributed by atoms with Crippen molar-refractivity contribution in [1.82, 2.24) is 0 Å². The molecule has 1 aromatic rings. The minimum absolute atomic E-state index is 0.0418. The van der Waals surface area contributed by atoms with Gasteiger partial charge in [-0.2, -0.15) is 5.10 Å². The number of carbonyl (C=O) groups is 1. The minimum Gasteiger partial charge on any atom is -0.481 e. The van der Waals surface area contributed by atoms with Crippen molar-refractivity contribution in [2.75, 3.05) is 5.43 Å². The highest BCUT2D eigenvalue weighted by Gasteiger charge is 1.98. The van der Waals surface area contributed by atoms with Gasteiger partial charge in [0.1, 0.15) is 0 Å². The number of rotatable bonds is 4. The first-order valence-electron chi connectivity index (χ1n) is 4.24. The molecule has 0 radical (unpaired) electrons. The Labute approximate surface area is 82.3 Å². The zero-order chi connectivity index (χ0) is 10.4. The van der Waals surface area contributed by atoms with E-state index in [1.807, 2.05) is 30.3 Å². The molecule has 14 heavy (non-hydrogen) atoms. The number of benzene rings is 1. The van der Waals surface area contributed by atoms with Crippen LogP contribution in [0.1, 0.15) is 13.3 Å². The van der Waals surface area contributed by atoms with E-state index in [1.54, 1.807) is 6.92 Å². The first-order chi connectivity index (χ1) is 6.68. The number of carboxylic acid groups (broad SMARTS) is 1. The van der Waals surface area contributed by atoms with Crippen molar-refractivity contribution < 1.29 is 9.90 Å². The number of aliphatic carboxylic acids is 1. The first kappa shape index (κ1) is 10.2. The molecule has 0 aliphatic rings. The molecule has 0 amide bonds. The summed E-state index contributed by atoms with van der Waals surface area (Å²) in [5.41, 5.74) is 4.16. The van der Waals surface area contributed by atoms with Gasteiger partial charge < -0.3 is 5.11 Å². The van der Waals surface area contributed by atoms with Gasteiger partial charge in [-0.25, -0.2) is 0 Å². The van der Waals surface area contributed by atoms with Crippen LogP contribution >= 0.6 is 0 Å². The lowest BCUT2D eigenvalue weighted by Gasteiger charge is -2.00. The summed E-state index contributed by atoms with van der Waals surface area (Å²) in [5.74, 6) is -0.874. The summed E-state index contributed by atoms with van der Waals surface area (Å²) in [6.07, 6.45) is -0.0418. The van der Waals surface area contributed by atoms with E-state index < -0.39 is 5.97 Å². The Morgan fingerprint density at radius 1 is 1.43 bits per heavy atom. The zero-order valence-electron chi connectivity index (χ0n) is 7.90. The van der Waals surface area contributed by atoms with Crippen molar-refractivity contribution in [2.45, 2.75) is 13.3 Å². The first-order valence-corrected chi connectivity index (χ1v) is 4.24. The minimum atomic E-state index is -0.874. The van der Waals surface area contributed by atoms with Gasteiger partial charge in [0.05, 0.1) is 12.1 Å². The Bertz CT molecular complexity index is 333. The summed E-state index contributed by atoms with van der Waals surface area (Å²) in [7, 11) is 0. The highest BCUT2D eigenvalue weighted by Crippen LogP contribution is 2.04. The number of anilines is 1. The quantitative estimate of drug-likeness (QED) is 0.566. The normalized spacial score (nSPS) is 11.1. The van der Waals surface area contributed by atoms with Crippen LogP contribution in [-0.4, -0.2) is 16.8 Å². The molecular weight excluding hydrogens is 180 g/mol. The fraction of sp³-hybridized carbons (Fsp3) is 0.200. The fourth-order valence-electron chi connectivity index (χ4n) is 0.931. The molecule has 0 saturated heterocycles. The Morgan fingerprint density at radius 3 is 2.64 bits per heavy atom.